The Hall–Kier alpha value is -2.33. The standard InChI is InChI=1S/C22H28N2O2/c1-22(2,3)21-23-19(20(25)24(21)4)14-16-10-12-18(13-11-16)26-15-17-8-6-5-7-9-17/h5-13,19,21,23H,14-15H2,1-4H3. The maximum Gasteiger partial charge on any atom is 0.241 e. The zero-order valence-corrected chi connectivity index (χ0v) is 16.0. The summed E-state index contributed by atoms with van der Waals surface area (Å²) in [5, 5.41) is 3.49. The van der Waals surface area contributed by atoms with Gasteiger partial charge in [0.15, 0.2) is 0 Å². The molecule has 26 heavy (non-hydrogen) atoms. The third-order valence-corrected chi connectivity index (χ3v) is 4.82. The second kappa shape index (κ2) is 7.50. The molecular formula is C22H28N2O2. The Labute approximate surface area is 156 Å². The zero-order chi connectivity index (χ0) is 18.7. The van der Waals surface area contributed by atoms with E-state index in [1.807, 2.05) is 66.5 Å². The van der Waals surface area contributed by atoms with Crippen LogP contribution in [0.1, 0.15) is 31.9 Å². The molecule has 1 heterocycles. The summed E-state index contributed by atoms with van der Waals surface area (Å²) in [7, 11) is 1.88. The molecular weight excluding hydrogens is 324 g/mol. The number of amides is 1. The van der Waals surface area contributed by atoms with E-state index in [0.29, 0.717) is 13.0 Å². The molecule has 4 heteroatoms. The number of rotatable bonds is 5. The number of carbonyl (C=O) groups is 1. The molecule has 1 amide bonds. The third kappa shape index (κ3) is 4.25. The minimum absolute atomic E-state index is 0.00823. The molecule has 0 bridgehead atoms. The van der Waals surface area contributed by atoms with Crippen LogP contribution in [0.2, 0.25) is 0 Å². The Morgan fingerprint density at radius 3 is 2.23 bits per heavy atom. The lowest BCUT2D eigenvalue weighted by Gasteiger charge is -2.32. The fourth-order valence-electron chi connectivity index (χ4n) is 3.42. The second-order valence-corrected chi connectivity index (χ2v) is 8.06. The highest BCUT2D eigenvalue weighted by Crippen LogP contribution is 2.27. The maximum absolute atomic E-state index is 12.5. The van der Waals surface area contributed by atoms with Crippen LogP contribution in [-0.4, -0.2) is 30.1 Å². The lowest BCUT2D eigenvalue weighted by molar-refractivity contribution is -0.129. The van der Waals surface area contributed by atoms with Gasteiger partial charge in [-0.1, -0.05) is 63.2 Å². The normalized spacial score (nSPS) is 20.5. The molecule has 1 aliphatic rings. The summed E-state index contributed by atoms with van der Waals surface area (Å²) in [5.41, 5.74) is 2.29. The number of hydrogen-bond donors (Lipinski definition) is 1. The van der Waals surface area contributed by atoms with Gasteiger partial charge < -0.3 is 9.64 Å². The van der Waals surface area contributed by atoms with Crippen molar-refractivity contribution in [2.24, 2.45) is 5.41 Å². The van der Waals surface area contributed by atoms with E-state index in [2.05, 4.69) is 26.1 Å². The van der Waals surface area contributed by atoms with Gasteiger partial charge in [0.05, 0.1) is 12.2 Å². The van der Waals surface area contributed by atoms with E-state index in [0.717, 1.165) is 16.9 Å². The molecule has 138 valence electrons. The molecule has 1 N–H and O–H groups in total. The predicted molar refractivity (Wildman–Crippen MR) is 104 cm³/mol. The van der Waals surface area contributed by atoms with Crippen molar-refractivity contribution < 1.29 is 9.53 Å². The molecule has 3 rings (SSSR count). The van der Waals surface area contributed by atoms with Gasteiger partial charge in [-0.05, 0) is 35.1 Å². The van der Waals surface area contributed by atoms with Crippen molar-refractivity contribution in [3.8, 4) is 5.75 Å². The van der Waals surface area contributed by atoms with Gasteiger partial charge in [-0.15, -0.1) is 0 Å². The van der Waals surface area contributed by atoms with Crippen LogP contribution in [0.5, 0.6) is 5.75 Å². The fourth-order valence-corrected chi connectivity index (χ4v) is 3.42. The van der Waals surface area contributed by atoms with Crippen LogP contribution in [0, 0.1) is 5.41 Å². The van der Waals surface area contributed by atoms with E-state index in [-0.39, 0.29) is 23.5 Å². The van der Waals surface area contributed by atoms with Crippen LogP contribution in [0.4, 0.5) is 0 Å². The van der Waals surface area contributed by atoms with Crippen LogP contribution < -0.4 is 10.1 Å². The van der Waals surface area contributed by atoms with Gasteiger partial charge in [0.1, 0.15) is 12.4 Å². The van der Waals surface area contributed by atoms with Crippen molar-refractivity contribution in [3.05, 3.63) is 65.7 Å². The summed E-state index contributed by atoms with van der Waals surface area (Å²) in [5.74, 6) is 1.00. The molecule has 1 saturated heterocycles. The summed E-state index contributed by atoms with van der Waals surface area (Å²) in [4.78, 5) is 14.4. The molecule has 0 spiro atoms. The minimum Gasteiger partial charge on any atom is -0.489 e. The van der Waals surface area contributed by atoms with E-state index >= 15 is 0 Å². The average molecular weight is 352 g/mol. The predicted octanol–water partition coefficient (Wildman–Crippen LogP) is 3.61. The number of nitrogens with zero attached hydrogens (tertiary/aromatic N) is 1. The number of likely N-dealkylation sites (N-methyl/N-ethyl adjacent to an activating group) is 1. The van der Waals surface area contributed by atoms with E-state index in [4.69, 9.17) is 4.74 Å². The molecule has 2 aromatic carbocycles. The lowest BCUT2D eigenvalue weighted by atomic mass is 9.92. The van der Waals surface area contributed by atoms with Gasteiger partial charge >= 0.3 is 0 Å². The summed E-state index contributed by atoms with van der Waals surface area (Å²) in [6.45, 7) is 7.00. The molecule has 1 aliphatic heterocycles. The van der Waals surface area contributed by atoms with Crippen molar-refractivity contribution >= 4 is 5.91 Å². The van der Waals surface area contributed by atoms with Gasteiger partial charge in [-0.25, -0.2) is 0 Å². The Morgan fingerprint density at radius 1 is 1.00 bits per heavy atom. The first-order valence-electron chi connectivity index (χ1n) is 9.13. The van der Waals surface area contributed by atoms with Crippen LogP contribution in [-0.2, 0) is 17.8 Å². The van der Waals surface area contributed by atoms with Crippen molar-refractivity contribution in [1.29, 1.82) is 0 Å². The van der Waals surface area contributed by atoms with Crippen molar-refractivity contribution in [2.75, 3.05) is 7.05 Å². The van der Waals surface area contributed by atoms with Gasteiger partial charge in [0.25, 0.3) is 0 Å². The van der Waals surface area contributed by atoms with E-state index in [1.54, 1.807) is 0 Å². The SMILES string of the molecule is CN1C(=O)C(Cc2ccc(OCc3ccccc3)cc2)NC1C(C)(C)C. The summed E-state index contributed by atoms with van der Waals surface area (Å²) in [6, 6.07) is 18.0. The van der Waals surface area contributed by atoms with Crippen LogP contribution >= 0.6 is 0 Å². The first-order chi connectivity index (χ1) is 12.3. The van der Waals surface area contributed by atoms with Crippen molar-refractivity contribution in [3.63, 3.8) is 0 Å². The second-order valence-electron chi connectivity index (χ2n) is 8.06. The summed E-state index contributed by atoms with van der Waals surface area (Å²) in [6.07, 6.45) is 0.753. The Morgan fingerprint density at radius 2 is 1.65 bits per heavy atom. The maximum atomic E-state index is 12.5. The van der Waals surface area contributed by atoms with Crippen molar-refractivity contribution in [1.82, 2.24) is 10.2 Å². The third-order valence-electron chi connectivity index (χ3n) is 4.82. The smallest absolute Gasteiger partial charge is 0.241 e. The van der Waals surface area contributed by atoms with E-state index < -0.39 is 0 Å². The number of nitrogens with one attached hydrogen (secondary N) is 1. The van der Waals surface area contributed by atoms with E-state index in [9.17, 15) is 4.79 Å². The molecule has 0 saturated carbocycles. The first kappa shape index (κ1) is 18.5. The van der Waals surface area contributed by atoms with Crippen LogP contribution in [0.15, 0.2) is 54.6 Å². The van der Waals surface area contributed by atoms with Gasteiger partial charge in [-0.2, -0.15) is 0 Å². The van der Waals surface area contributed by atoms with E-state index in [1.165, 1.54) is 0 Å². The molecule has 2 atom stereocenters. The molecule has 2 unspecified atom stereocenters. The summed E-state index contributed by atoms with van der Waals surface area (Å²) < 4.78 is 5.83. The molecule has 1 fully saturated rings. The Balaban J connectivity index is 1.58. The average Bonchev–Trinajstić information content (AvgIpc) is 2.91. The largest absolute Gasteiger partial charge is 0.489 e. The lowest BCUT2D eigenvalue weighted by Crippen LogP contribution is -2.45. The van der Waals surface area contributed by atoms with Crippen LogP contribution in [0.25, 0.3) is 0 Å². The first-order valence-corrected chi connectivity index (χ1v) is 9.13. The minimum atomic E-state index is -0.166. The highest BCUT2D eigenvalue weighted by molar-refractivity contribution is 5.84. The van der Waals surface area contributed by atoms with Gasteiger partial charge in [0.2, 0.25) is 5.91 Å². The number of hydrogen-bond acceptors (Lipinski definition) is 3. The van der Waals surface area contributed by atoms with Gasteiger partial charge in [0, 0.05) is 7.05 Å². The quantitative estimate of drug-likeness (QED) is 0.894. The van der Waals surface area contributed by atoms with Gasteiger partial charge in [-0.3, -0.25) is 10.1 Å². The number of ether oxygens (including phenoxy) is 1. The number of benzene rings is 2. The monoisotopic (exact) mass is 352 g/mol. The Kier molecular flexibility index (Phi) is 5.33. The zero-order valence-electron chi connectivity index (χ0n) is 16.0. The molecule has 4 nitrogen and oxygen atoms in total. The number of carbonyl (C=O) groups excluding carboxylic acids is 1. The summed E-state index contributed by atoms with van der Waals surface area (Å²) >= 11 is 0. The molecule has 2 aromatic rings. The molecule has 0 aliphatic carbocycles. The highest BCUT2D eigenvalue weighted by Gasteiger charge is 2.42. The molecule has 0 radical (unpaired) electrons. The Bertz CT molecular complexity index is 735. The highest BCUT2D eigenvalue weighted by atomic mass is 16.5. The van der Waals surface area contributed by atoms with Crippen molar-refractivity contribution in [2.45, 2.75) is 46.0 Å². The molecule has 0 aromatic heterocycles. The fraction of sp³-hybridized carbons (Fsp3) is 0.409. The van der Waals surface area contributed by atoms with Crippen LogP contribution in [0.3, 0.4) is 0 Å². The topological polar surface area (TPSA) is 41.6 Å².